The van der Waals surface area contributed by atoms with Crippen molar-refractivity contribution in [3.63, 3.8) is 0 Å². The average molecular weight is 306 g/mol. The largest absolute Gasteiger partial charge is 0.462 e. The zero-order chi connectivity index (χ0) is 14.8. The molecule has 0 aromatic carbocycles. The molecule has 0 unspecified atom stereocenters. The number of carbonyl (C=O) groups excluding carboxylic acids is 1. The molecule has 0 N–H and O–H groups in total. The van der Waals surface area contributed by atoms with Crippen LogP contribution in [0.3, 0.4) is 0 Å². The van der Waals surface area contributed by atoms with Gasteiger partial charge in [-0.25, -0.2) is 4.79 Å². The molecule has 0 saturated heterocycles. The predicted molar refractivity (Wildman–Crippen MR) is 84.9 cm³/mol. The fraction of sp³-hybridized carbons (Fsp3) is 0.750. The molecule has 0 aliphatic heterocycles. The maximum atomic E-state index is 13.3. The smallest absolute Gasteiger partial charge is 0.333 e. The van der Waals surface area contributed by atoms with Gasteiger partial charge < -0.3 is 9.30 Å². The molecule has 0 rings (SSSR count). The minimum atomic E-state index is -2.20. The molecule has 0 fully saturated rings. The third kappa shape index (κ3) is 4.21. The van der Waals surface area contributed by atoms with Crippen molar-refractivity contribution in [2.45, 2.75) is 46.2 Å². The molecule has 3 nitrogen and oxygen atoms in total. The molecule has 106 valence electrons. The molecule has 0 atom stereocenters. The van der Waals surface area contributed by atoms with E-state index in [1.807, 2.05) is 0 Å². The van der Waals surface area contributed by atoms with Crippen molar-refractivity contribution in [1.82, 2.24) is 0 Å². The highest BCUT2D eigenvalue weighted by atomic mass is 31.6. The molecule has 0 saturated carbocycles. The van der Waals surface area contributed by atoms with Gasteiger partial charge >= 0.3 is 5.97 Å². The molecular formula is C12H27O3PSi2. The molecule has 0 amide bonds. The first-order chi connectivity index (χ1) is 7.83. The Labute approximate surface area is 113 Å². The molecule has 0 spiro atoms. The summed E-state index contributed by atoms with van der Waals surface area (Å²) in [6.45, 7) is 18.4. The molecule has 0 aromatic heterocycles. The highest BCUT2D eigenvalue weighted by molar-refractivity contribution is 8.22. The Morgan fingerprint density at radius 2 is 1.50 bits per heavy atom. The number of rotatable bonds is 6. The minimum absolute atomic E-state index is 0.261. The highest BCUT2D eigenvalue weighted by Crippen LogP contribution is 2.62. The summed E-state index contributed by atoms with van der Waals surface area (Å²) in [5.74, 6) is -0.382. The van der Waals surface area contributed by atoms with Gasteiger partial charge in [0.15, 0.2) is 0 Å². The number of esters is 1. The summed E-state index contributed by atoms with van der Waals surface area (Å²) in [7, 11) is -3.48. The van der Waals surface area contributed by atoms with Gasteiger partial charge in [0, 0.05) is 11.7 Å². The Kier molecular flexibility index (Phi) is 5.85. The minimum Gasteiger partial charge on any atom is -0.462 e. The van der Waals surface area contributed by atoms with Gasteiger partial charge in [-0.2, -0.15) is 0 Å². The SMILES string of the molecule is C=C(C)C(=O)OCCP(=O)([Si](C)(C)C)[Si](C)(C)C. The van der Waals surface area contributed by atoms with Crippen LogP contribution in [0.1, 0.15) is 6.92 Å². The van der Waals surface area contributed by atoms with Crippen molar-refractivity contribution in [2.24, 2.45) is 0 Å². The van der Waals surface area contributed by atoms with Gasteiger partial charge in [0.05, 0.1) is 12.8 Å². The fourth-order valence-electron chi connectivity index (χ4n) is 2.07. The second-order valence-corrected chi connectivity index (χ2v) is 31.1. The van der Waals surface area contributed by atoms with Crippen molar-refractivity contribution in [1.29, 1.82) is 0 Å². The van der Waals surface area contributed by atoms with Crippen LogP contribution >= 0.6 is 6.24 Å². The lowest BCUT2D eigenvalue weighted by Crippen LogP contribution is -2.38. The van der Waals surface area contributed by atoms with E-state index in [0.717, 1.165) is 0 Å². The lowest BCUT2D eigenvalue weighted by atomic mass is 10.4. The second-order valence-electron chi connectivity index (χ2n) is 6.72. The number of ether oxygens (including phenoxy) is 1. The third-order valence-corrected chi connectivity index (χ3v) is 34.7. The third-order valence-electron chi connectivity index (χ3n) is 3.16. The Hall–Kier alpha value is -0.126. The first kappa shape index (κ1) is 17.9. The normalized spacial score (nSPS) is 13.3. The molecule has 0 bridgehead atoms. The topological polar surface area (TPSA) is 43.4 Å². The van der Waals surface area contributed by atoms with E-state index in [1.165, 1.54) is 0 Å². The van der Waals surface area contributed by atoms with Gasteiger partial charge in [-0.15, -0.1) is 0 Å². The quantitative estimate of drug-likeness (QED) is 0.320. The first-order valence-corrected chi connectivity index (χ1v) is 16.8. The number of carbonyl (C=O) groups is 1. The predicted octanol–water partition coefficient (Wildman–Crippen LogP) is 4.14. The first-order valence-electron chi connectivity index (χ1n) is 6.25. The van der Waals surface area contributed by atoms with E-state index in [0.29, 0.717) is 11.7 Å². The van der Waals surface area contributed by atoms with Crippen LogP contribution in [0.15, 0.2) is 12.2 Å². The van der Waals surface area contributed by atoms with Crippen molar-refractivity contribution in [3.8, 4) is 0 Å². The zero-order valence-corrected chi connectivity index (χ0v) is 15.7. The summed E-state index contributed by atoms with van der Waals surface area (Å²) < 4.78 is 18.4. The van der Waals surface area contributed by atoms with Crippen LogP contribution in [0.2, 0.25) is 39.3 Å². The molecule has 6 heteroatoms. The van der Waals surface area contributed by atoms with Crippen LogP contribution in [0.5, 0.6) is 0 Å². The van der Waals surface area contributed by atoms with Crippen LogP contribution in [-0.2, 0) is 14.1 Å². The summed E-state index contributed by atoms with van der Waals surface area (Å²) in [5.41, 5.74) is 0.394. The fourth-order valence-corrected chi connectivity index (χ4v) is 34.5. The average Bonchev–Trinajstić information content (AvgIpc) is 2.13. The summed E-state index contributed by atoms with van der Waals surface area (Å²) in [4.78, 5) is 11.3. The molecule has 0 heterocycles. The summed E-state index contributed by atoms with van der Waals surface area (Å²) >= 11 is 0. The van der Waals surface area contributed by atoms with Gasteiger partial charge in [-0.3, -0.25) is 0 Å². The van der Waals surface area contributed by atoms with E-state index in [1.54, 1.807) is 6.92 Å². The summed E-state index contributed by atoms with van der Waals surface area (Å²) in [6, 6.07) is 0. The lowest BCUT2D eigenvalue weighted by molar-refractivity contribution is -0.138. The van der Waals surface area contributed by atoms with Gasteiger partial charge in [-0.1, -0.05) is 45.9 Å². The number of hydrogen-bond donors (Lipinski definition) is 0. The molecule has 0 aliphatic rings. The van der Waals surface area contributed by atoms with E-state index in [2.05, 4.69) is 45.9 Å². The van der Waals surface area contributed by atoms with E-state index in [-0.39, 0.29) is 12.6 Å². The van der Waals surface area contributed by atoms with Crippen LogP contribution in [0, 0.1) is 0 Å². The van der Waals surface area contributed by atoms with Crippen molar-refractivity contribution >= 4 is 27.7 Å². The van der Waals surface area contributed by atoms with Gasteiger partial charge in [0.1, 0.15) is 15.5 Å². The second kappa shape index (κ2) is 5.89. The van der Waals surface area contributed by atoms with Crippen LogP contribution in [0.25, 0.3) is 0 Å². The van der Waals surface area contributed by atoms with Gasteiger partial charge in [0.25, 0.3) is 0 Å². The number of hydrogen-bond acceptors (Lipinski definition) is 3. The zero-order valence-electron chi connectivity index (χ0n) is 12.8. The van der Waals surface area contributed by atoms with Crippen molar-refractivity contribution in [2.75, 3.05) is 12.8 Å². The Balaban J connectivity index is 4.83. The van der Waals surface area contributed by atoms with Crippen molar-refractivity contribution < 1.29 is 14.1 Å². The molecule has 0 radical (unpaired) electrons. The highest BCUT2D eigenvalue weighted by Gasteiger charge is 2.47. The maximum absolute atomic E-state index is 13.3. The summed E-state index contributed by atoms with van der Waals surface area (Å²) in [5, 5.41) is 0. The lowest BCUT2D eigenvalue weighted by Gasteiger charge is -2.38. The Morgan fingerprint density at radius 1 is 1.11 bits per heavy atom. The Bertz CT molecular complexity index is 360. The molecule has 0 aromatic rings. The van der Waals surface area contributed by atoms with Gasteiger partial charge in [0.2, 0.25) is 0 Å². The van der Waals surface area contributed by atoms with Crippen LogP contribution in [0.4, 0.5) is 0 Å². The standard InChI is InChI=1S/C12H27O3PSi2/c1-11(2)12(13)15-9-10-16(14,17(3,4)5)18(6,7)8/h1,9-10H2,2-8H3. The molecule has 0 aliphatic carbocycles. The maximum Gasteiger partial charge on any atom is 0.333 e. The molecule has 18 heavy (non-hydrogen) atoms. The van der Waals surface area contributed by atoms with E-state index in [9.17, 15) is 9.36 Å². The van der Waals surface area contributed by atoms with Crippen LogP contribution in [-0.4, -0.2) is 34.2 Å². The van der Waals surface area contributed by atoms with Gasteiger partial charge in [-0.05, 0) is 6.92 Å². The van der Waals surface area contributed by atoms with Crippen LogP contribution < -0.4 is 0 Å². The van der Waals surface area contributed by atoms with Crippen molar-refractivity contribution in [3.05, 3.63) is 12.2 Å². The monoisotopic (exact) mass is 306 g/mol. The van der Waals surface area contributed by atoms with E-state index in [4.69, 9.17) is 4.74 Å². The van der Waals surface area contributed by atoms with E-state index < -0.39 is 21.7 Å². The van der Waals surface area contributed by atoms with E-state index >= 15 is 0 Å². The molecular weight excluding hydrogens is 279 g/mol. The Morgan fingerprint density at radius 3 is 1.78 bits per heavy atom. The summed E-state index contributed by atoms with van der Waals surface area (Å²) in [6.07, 6.45) is -1.66.